The van der Waals surface area contributed by atoms with Crippen LogP contribution in [0.3, 0.4) is 0 Å². The Bertz CT molecular complexity index is 540. The van der Waals surface area contributed by atoms with Crippen LogP contribution in [0.1, 0.15) is 25.1 Å². The zero-order valence-electron chi connectivity index (χ0n) is 10.6. The van der Waals surface area contributed by atoms with Crippen molar-refractivity contribution >= 4 is 16.0 Å². The Morgan fingerprint density at radius 1 is 1.58 bits per heavy atom. The number of aromatic nitrogens is 2. The third kappa shape index (κ3) is 2.79. The first-order valence-corrected chi connectivity index (χ1v) is 7.59. The highest BCUT2D eigenvalue weighted by atomic mass is 32.2. The summed E-state index contributed by atoms with van der Waals surface area (Å²) in [5, 5.41) is 8.26. The van der Waals surface area contributed by atoms with Crippen LogP contribution in [0.4, 0.5) is 0 Å². The van der Waals surface area contributed by atoms with Crippen molar-refractivity contribution in [1.29, 1.82) is 0 Å². The second-order valence-corrected chi connectivity index (χ2v) is 7.01. The Labute approximate surface area is 111 Å². The molecule has 0 spiro atoms. The van der Waals surface area contributed by atoms with Crippen LogP contribution in [0, 0.1) is 5.92 Å². The average molecular weight is 287 g/mol. The SMILES string of the molecule is CN(Cc1ncc[nH]1)S(=O)(=O)C1CCCC1C(=O)O. The Morgan fingerprint density at radius 3 is 2.89 bits per heavy atom. The zero-order valence-corrected chi connectivity index (χ0v) is 11.4. The normalized spacial score (nSPS) is 23.9. The Hall–Kier alpha value is -1.41. The maximum Gasteiger partial charge on any atom is 0.307 e. The molecule has 0 aromatic carbocycles. The summed E-state index contributed by atoms with van der Waals surface area (Å²) in [6.45, 7) is 0.123. The van der Waals surface area contributed by atoms with Crippen LogP contribution in [-0.2, 0) is 21.4 Å². The van der Waals surface area contributed by atoms with Crippen molar-refractivity contribution in [1.82, 2.24) is 14.3 Å². The van der Waals surface area contributed by atoms with Gasteiger partial charge in [-0.15, -0.1) is 0 Å². The van der Waals surface area contributed by atoms with Gasteiger partial charge in [-0.1, -0.05) is 6.42 Å². The summed E-state index contributed by atoms with van der Waals surface area (Å²) in [6, 6.07) is 0. The van der Waals surface area contributed by atoms with Gasteiger partial charge in [-0.2, -0.15) is 4.31 Å². The van der Waals surface area contributed by atoms with Gasteiger partial charge in [0.05, 0.1) is 17.7 Å². The van der Waals surface area contributed by atoms with Gasteiger partial charge in [0.1, 0.15) is 5.82 Å². The maximum absolute atomic E-state index is 12.4. The molecule has 19 heavy (non-hydrogen) atoms. The number of hydrogen-bond acceptors (Lipinski definition) is 4. The molecule has 1 heterocycles. The summed E-state index contributed by atoms with van der Waals surface area (Å²) in [5.74, 6) is -1.29. The van der Waals surface area contributed by atoms with Gasteiger partial charge in [0.15, 0.2) is 0 Å². The fraction of sp³-hybridized carbons (Fsp3) is 0.636. The van der Waals surface area contributed by atoms with E-state index in [4.69, 9.17) is 5.11 Å². The molecule has 2 rings (SSSR count). The molecule has 2 atom stereocenters. The molecule has 8 heteroatoms. The van der Waals surface area contributed by atoms with E-state index in [1.165, 1.54) is 11.4 Å². The fourth-order valence-corrected chi connectivity index (χ4v) is 4.38. The van der Waals surface area contributed by atoms with E-state index in [0.29, 0.717) is 25.1 Å². The Kier molecular flexibility index (Phi) is 3.91. The molecule has 0 amide bonds. The summed E-state index contributed by atoms with van der Waals surface area (Å²) >= 11 is 0. The number of carboxylic acid groups (broad SMARTS) is 1. The third-order valence-electron chi connectivity index (χ3n) is 3.51. The van der Waals surface area contributed by atoms with E-state index in [0.717, 1.165) is 0 Å². The van der Waals surface area contributed by atoms with Gasteiger partial charge in [0, 0.05) is 19.4 Å². The predicted molar refractivity (Wildman–Crippen MR) is 67.7 cm³/mol. The lowest BCUT2D eigenvalue weighted by Gasteiger charge is -2.23. The molecule has 1 aliphatic carbocycles. The smallest absolute Gasteiger partial charge is 0.307 e. The molecular weight excluding hydrogens is 270 g/mol. The first-order valence-electron chi connectivity index (χ1n) is 6.09. The number of hydrogen-bond donors (Lipinski definition) is 2. The number of rotatable bonds is 5. The van der Waals surface area contributed by atoms with Crippen LogP contribution in [0.25, 0.3) is 0 Å². The van der Waals surface area contributed by atoms with Gasteiger partial charge < -0.3 is 10.1 Å². The quantitative estimate of drug-likeness (QED) is 0.817. The minimum atomic E-state index is -3.62. The number of carboxylic acids is 1. The van der Waals surface area contributed by atoms with Gasteiger partial charge in [0.25, 0.3) is 0 Å². The molecule has 0 saturated heterocycles. The van der Waals surface area contributed by atoms with Gasteiger partial charge >= 0.3 is 5.97 Å². The molecule has 1 fully saturated rings. The summed E-state index contributed by atoms with van der Waals surface area (Å²) in [6.07, 6.45) is 4.63. The molecule has 1 saturated carbocycles. The largest absolute Gasteiger partial charge is 0.481 e. The van der Waals surface area contributed by atoms with Crippen molar-refractivity contribution in [3.63, 3.8) is 0 Å². The molecule has 7 nitrogen and oxygen atoms in total. The second-order valence-electron chi connectivity index (χ2n) is 4.75. The summed E-state index contributed by atoms with van der Waals surface area (Å²) < 4.78 is 26.0. The lowest BCUT2D eigenvalue weighted by atomic mass is 10.1. The monoisotopic (exact) mass is 287 g/mol. The van der Waals surface area contributed by atoms with Crippen molar-refractivity contribution in [2.24, 2.45) is 5.92 Å². The number of carbonyl (C=O) groups is 1. The number of imidazole rings is 1. The van der Waals surface area contributed by atoms with Crippen LogP contribution < -0.4 is 0 Å². The maximum atomic E-state index is 12.4. The molecule has 1 aromatic heterocycles. The van der Waals surface area contributed by atoms with Crippen LogP contribution in [0.15, 0.2) is 12.4 Å². The molecule has 106 valence electrons. The number of H-pyrrole nitrogens is 1. The summed E-state index contributed by atoms with van der Waals surface area (Å²) in [5.41, 5.74) is 0. The van der Waals surface area contributed by atoms with Gasteiger partial charge in [-0.3, -0.25) is 4.79 Å². The van der Waals surface area contributed by atoms with Crippen LogP contribution in [0.5, 0.6) is 0 Å². The van der Waals surface area contributed by atoms with Crippen molar-refractivity contribution in [3.05, 3.63) is 18.2 Å². The molecule has 1 aromatic rings. The van der Waals surface area contributed by atoms with E-state index in [9.17, 15) is 13.2 Å². The standard InChI is InChI=1S/C11H17N3O4S/c1-14(7-10-12-5-6-13-10)19(17,18)9-4-2-3-8(9)11(15)16/h5-6,8-9H,2-4,7H2,1H3,(H,12,13)(H,15,16). The van der Waals surface area contributed by atoms with Crippen molar-refractivity contribution in [2.75, 3.05) is 7.05 Å². The molecular formula is C11H17N3O4S. The Balaban J connectivity index is 2.15. The first-order chi connectivity index (χ1) is 8.93. The number of nitrogens with one attached hydrogen (secondary N) is 1. The molecule has 0 aliphatic heterocycles. The van der Waals surface area contributed by atoms with Crippen LogP contribution >= 0.6 is 0 Å². The molecule has 0 bridgehead atoms. The second kappa shape index (κ2) is 5.30. The molecule has 0 radical (unpaired) electrons. The molecule has 1 aliphatic rings. The minimum absolute atomic E-state index is 0.123. The zero-order chi connectivity index (χ0) is 14.0. The lowest BCUT2D eigenvalue weighted by molar-refractivity contribution is -0.141. The van der Waals surface area contributed by atoms with Crippen LogP contribution in [-0.4, -0.2) is 46.1 Å². The number of nitrogens with zero attached hydrogens (tertiary/aromatic N) is 2. The van der Waals surface area contributed by atoms with Gasteiger partial charge in [-0.05, 0) is 12.8 Å². The summed E-state index contributed by atoms with van der Waals surface area (Å²) in [7, 11) is -2.16. The highest BCUT2D eigenvalue weighted by Crippen LogP contribution is 2.33. The van der Waals surface area contributed by atoms with Gasteiger partial charge in [0.2, 0.25) is 10.0 Å². The van der Waals surface area contributed by atoms with E-state index in [1.807, 2.05) is 0 Å². The average Bonchev–Trinajstić information content (AvgIpc) is 2.98. The van der Waals surface area contributed by atoms with Crippen molar-refractivity contribution < 1.29 is 18.3 Å². The van der Waals surface area contributed by atoms with E-state index in [2.05, 4.69) is 9.97 Å². The highest BCUT2D eigenvalue weighted by molar-refractivity contribution is 7.89. The molecule has 2 N–H and O–H groups in total. The Morgan fingerprint density at radius 2 is 2.32 bits per heavy atom. The summed E-state index contributed by atoms with van der Waals surface area (Å²) in [4.78, 5) is 17.9. The van der Waals surface area contributed by atoms with E-state index < -0.39 is 27.2 Å². The molecule has 2 unspecified atom stereocenters. The van der Waals surface area contributed by atoms with Crippen molar-refractivity contribution in [2.45, 2.75) is 31.1 Å². The third-order valence-corrected chi connectivity index (χ3v) is 5.84. The fourth-order valence-electron chi connectivity index (χ4n) is 2.48. The number of sulfonamides is 1. The van der Waals surface area contributed by atoms with E-state index in [1.54, 1.807) is 12.4 Å². The lowest BCUT2D eigenvalue weighted by Crippen LogP contribution is -2.40. The first kappa shape index (κ1) is 14.0. The topological polar surface area (TPSA) is 103 Å². The predicted octanol–water partition coefficient (Wildman–Crippen LogP) is 0.425. The van der Waals surface area contributed by atoms with E-state index >= 15 is 0 Å². The highest BCUT2D eigenvalue weighted by Gasteiger charge is 2.43. The van der Waals surface area contributed by atoms with E-state index in [-0.39, 0.29) is 6.54 Å². The van der Waals surface area contributed by atoms with Crippen molar-refractivity contribution in [3.8, 4) is 0 Å². The number of aromatic amines is 1. The van der Waals surface area contributed by atoms with Gasteiger partial charge in [-0.25, -0.2) is 13.4 Å². The number of aliphatic carboxylic acids is 1. The minimum Gasteiger partial charge on any atom is -0.481 e. The van der Waals surface area contributed by atoms with Crippen LogP contribution in [0.2, 0.25) is 0 Å².